The molecule has 158 valence electrons. The highest BCUT2D eigenvalue weighted by Crippen LogP contribution is 2.26. The van der Waals surface area contributed by atoms with E-state index in [1.807, 2.05) is 37.3 Å². The van der Waals surface area contributed by atoms with Gasteiger partial charge in [0.25, 0.3) is 0 Å². The van der Waals surface area contributed by atoms with E-state index in [1.54, 1.807) is 6.92 Å². The van der Waals surface area contributed by atoms with Gasteiger partial charge in [0.2, 0.25) is 5.89 Å². The predicted molar refractivity (Wildman–Crippen MR) is 117 cm³/mol. The van der Waals surface area contributed by atoms with Crippen LogP contribution in [0.15, 0.2) is 52.9 Å². The highest BCUT2D eigenvalue weighted by molar-refractivity contribution is 5.65. The number of hydrogen-bond acceptors (Lipinski definition) is 5. The molecule has 5 nitrogen and oxygen atoms in total. The number of hydrogen-bond donors (Lipinski definition) is 0. The molecule has 1 aromatic heterocycles. The third kappa shape index (κ3) is 5.96. The molecule has 0 aliphatic heterocycles. The van der Waals surface area contributed by atoms with Gasteiger partial charge >= 0.3 is 5.97 Å². The summed E-state index contributed by atoms with van der Waals surface area (Å²) in [6.45, 7) is 6.24. The number of carbonyl (C=O) groups is 1. The van der Waals surface area contributed by atoms with Crippen LogP contribution in [0, 0.1) is 6.92 Å². The molecule has 0 saturated heterocycles. The molecule has 2 aromatic carbocycles. The Hall–Kier alpha value is -3.08. The number of benzene rings is 2. The van der Waals surface area contributed by atoms with Crippen LogP contribution in [0.4, 0.5) is 0 Å². The van der Waals surface area contributed by atoms with Crippen LogP contribution in [-0.4, -0.2) is 24.2 Å². The summed E-state index contributed by atoms with van der Waals surface area (Å²) in [6, 6.07) is 16.5. The summed E-state index contributed by atoms with van der Waals surface area (Å²) in [5.41, 5.74) is 4.86. The second-order valence-electron chi connectivity index (χ2n) is 7.20. The number of aromatic nitrogens is 1. The van der Waals surface area contributed by atoms with Crippen molar-refractivity contribution < 1.29 is 18.7 Å². The van der Waals surface area contributed by atoms with Gasteiger partial charge in [-0.05, 0) is 68.5 Å². The van der Waals surface area contributed by atoms with Gasteiger partial charge in [-0.3, -0.25) is 4.79 Å². The Balaban J connectivity index is 0.000000377. The van der Waals surface area contributed by atoms with Crippen LogP contribution in [0.1, 0.15) is 42.8 Å². The summed E-state index contributed by atoms with van der Waals surface area (Å²) < 4.78 is 16.2. The Morgan fingerprint density at radius 1 is 1.10 bits per heavy atom. The molecule has 1 heterocycles. The number of oxazole rings is 1. The third-order valence-corrected chi connectivity index (χ3v) is 4.93. The minimum atomic E-state index is -0.211. The maximum Gasteiger partial charge on any atom is 0.302 e. The Bertz CT molecular complexity index is 963. The SMILES string of the molecule is CCOC(C)=O.Cc1nc(-c2ccccc2)oc1CCOc1ccc2c(c1)CCC2. The first kappa shape index (κ1) is 21.6. The summed E-state index contributed by atoms with van der Waals surface area (Å²) in [6.07, 6.45) is 4.37. The standard InChI is InChI=1S/C21H21NO2.C4H8O2/c1-15-20(24-21(22-15)17-6-3-2-4-7-17)12-13-23-19-11-10-16-8-5-9-18(16)14-19;1-3-6-4(2)5/h2-4,6-7,10-11,14H,5,8-9,12-13H2,1H3;3H2,1-2H3. The first-order valence-electron chi connectivity index (χ1n) is 10.5. The number of carbonyl (C=O) groups excluding carboxylic acids is 1. The largest absolute Gasteiger partial charge is 0.493 e. The number of rotatable bonds is 6. The van der Waals surface area contributed by atoms with Crippen molar-refractivity contribution in [3.8, 4) is 17.2 Å². The second-order valence-corrected chi connectivity index (χ2v) is 7.20. The van der Waals surface area contributed by atoms with Crippen molar-refractivity contribution in [2.24, 2.45) is 0 Å². The lowest BCUT2D eigenvalue weighted by Crippen LogP contribution is -2.02. The van der Waals surface area contributed by atoms with E-state index in [0.717, 1.165) is 29.2 Å². The van der Waals surface area contributed by atoms with Crippen molar-refractivity contribution in [3.63, 3.8) is 0 Å². The van der Waals surface area contributed by atoms with E-state index in [0.29, 0.717) is 19.1 Å². The molecular weight excluding hydrogens is 378 g/mol. The van der Waals surface area contributed by atoms with Crippen molar-refractivity contribution in [1.82, 2.24) is 4.98 Å². The normalized spacial score (nSPS) is 12.0. The Labute approximate surface area is 178 Å². The Morgan fingerprint density at radius 2 is 1.87 bits per heavy atom. The predicted octanol–water partition coefficient (Wildman–Crippen LogP) is 5.33. The zero-order valence-corrected chi connectivity index (χ0v) is 17.9. The average molecular weight is 408 g/mol. The van der Waals surface area contributed by atoms with Crippen molar-refractivity contribution in [3.05, 3.63) is 71.1 Å². The summed E-state index contributed by atoms with van der Waals surface area (Å²) in [5.74, 6) is 2.32. The monoisotopic (exact) mass is 407 g/mol. The Kier molecular flexibility index (Phi) is 7.66. The van der Waals surface area contributed by atoms with Gasteiger partial charge in [0, 0.05) is 18.9 Å². The van der Waals surface area contributed by atoms with Crippen LogP contribution in [-0.2, 0) is 28.8 Å². The molecule has 0 unspecified atom stereocenters. The van der Waals surface area contributed by atoms with Crippen LogP contribution in [0.2, 0.25) is 0 Å². The Morgan fingerprint density at radius 3 is 2.57 bits per heavy atom. The zero-order chi connectivity index (χ0) is 21.3. The van der Waals surface area contributed by atoms with Crippen LogP contribution in [0.5, 0.6) is 5.75 Å². The molecule has 0 fully saturated rings. The maximum atomic E-state index is 9.82. The molecule has 1 aliphatic rings. The van der Waals surface area contributed by atoms with Crippen molar-refractivity contribution in [2.75, 3.05) is 13.2 Å². The number of aryl methyl sites for hydroxylation is 3. The van der Waals surface area contributed by atoms with E-state index in [1.165, 1.54) is 37.3 Å². The quantitative estimate of drug-likeness (QED) is 0.517. The fourth-order valence-electron chi connectivity index (χ4n) is 3.47. The first-order valence-corrected chi connectivity index (χ1v) is 10.5. The van der Waals surface area contributed by atoms with E-state index in [9.17, 15) is 4.79 Å². The summed E-state index contributed by atoms with van der Waals surface area (Å²) in [7, 11) is 0. The number of nitrogens with zero attached hydrogens (tertiary/aromatic N) is 1. The highest BCUT2D eigenvalue weighted by Gasteiger charge is 2.13. The molecule has 0 saturated carbocycles. The molecule has 0 spiro atoms. The molecule has 0 radical (unpaired) electrons. The van der Waals surface area contributed by atoms with Gasteiger partial charge in [0.15, 0.2) is 0 Å². The lowest BCUT2D eigenvalue weighted by molar-refractivity contribution is -0.140. The van der Waals surface area contributed by atoms with E-state index in [-0.39, 0.29) is 5.97 Å². The van der Waals surface area contributed by atoms with Gasteiger partial charge in [0.1, 0.15) is 11.5 Å². The van der Waals surface area contributed by atoms with Crippen LogP contribution in [0.25, 0.3) is 11.5 Å². The van der Waals surface area contributed by atoms with Gasteiger partial charge in [0.05, 0.1) is 18.9 Å². The van der Waals surface area contributed by atoms with Gasteiger partial charge in [-0.25, -0.2) is 4.98 Å². The molecule has 5 heteroatoms. The topological polar surface area (TPSA) is 61.6 Å². The minimum Gasteiger partial charge on any atom is -0.493 e. The van der Waals surface area contributed by atoms with Crippen LogP contribution < -0.4 is 4.74 Å². The summed E-state index contributed by atoms with van der Waals surface area (Å²) >= 11 is 0. The van der Waals surface area contributed by atoms with Crippen molar-refractivity contribution >= 4 is 5.97 Å². The minimum absolute atomic E-state index is 0.211. The molecular formula is C25H29NO4. The van der Waals surface area contributed by atoms with Gasteiger partial charge in [-0.1, -0.05) is 24.3 Å². The molecule has 0 atom stereocenters. The van der Waals surface area contributed by atoms with Crippen molar-refractivity contribution in [2.45, 2.75) is 46.5 Å². The van der Waals surface area contributed by atoms with Gasteiger partial charge in [-0.2, -0.15) is 0 Å². The molecule has 0 amide bonds. The summed E-state index contributed by atoms with van der Waals surface area (Å²) in [5, 5.41) is 0. The molecule has 3 aromatic rings. The second kappa shape index (κ2) is 10.6. The number of ether oxygens (including phenoxy) is 2. The van der Waals surface area contributed by atoms with Crippen LogP contribution in [0.3, 0.4) is 0 Å². The van der Waals surface area contributed by atoms with Crippen molar-refractivity contribution in [1.29, 1.82) is 0 Å². The highest BCUT2D eigenvalue weighted by atomic mass is 16.5. The maximum absolute atomic E-state index is 9.82. The lowest BCUT2D eigenvalue weighted by atomic mass is 10.1. The molecule has 0 N–H and O–H groups in total. The third-order valence-electron chi connectivity index (χ3n) is 4.93. The number of esters is 1. The molecule has 0 bridgehead atoms. The lowest BCUT2D eigenvalue weighted by Gasteiger charge is -2.07. The van der Waals surface area contributed by atoms with Gasteiger partial charge < -0.3 is 13.9 Å². The van der Waals surface area contributed by atoms with E-state index in [4.69, 9.17) is 9.15 Å². The first-order chi connectivity index (χ1) is 14.6. The molecule has 30 heavy (non-hydrogen) atoms. The van der Waals surface area contributed by atoms with E-state index >= 15 is 0 Å². The zero-order valence-electron chi connectivity index (χ0n) is 17.9. The van der Waals surface area contributed by atoms with Gasteiger partial charge in [-0.15, -0.1) is 0 Å². The summed E-state index contributed by atoms with van der Waals surface area (Å²) in [4.78, 5) is 14.4. The number of fused-ring (bicyclic) bond motifs is 1. The fraction of sp³-hybridized carbons (Fsp3) is 0.360. The van der Waals surface area contributed by atoms with E-state index < -0.39 is 0 Å². The van der Waals surface area contributed by atoms with Crippen LogP contribution >= 0.6 is 0 Å². The molecule has 1 aliphatic carbocycles. The fourth-order valence-corrected chi connectivity index (χ4v) is 3.47. The van der Waals surface area contributed by atoms with E-state index in [2.05, 4.69) is 27.9 Å². The molecule has 4 rings (SSSR count). The smallest absolute Gasteiger partial charge is 0.302 e. The average Bonchev–Trinajstić information content (AvgIpc) is 3.35.